The number of carbonyl (C=O) groups is 1. The van der Waals surface area contributed by atoms with Crippen LogP contribution in [0.15, 0.2) is 24.3 Å². The van der Waals surface area contributed by atoms with Crippen LogP contribution in [0.1, 0.15) is 12.5 Å². The Bertz CT molecular complexity index is 523. The van der Waals surface area contributed by atoms with Gasteiger partial charge in [0.2, 0.25) is 5.72 Å². The second-order valence-electron chi connectivity index (χ2n) is 4.30. The zero-order valence-electron chi connectivity index (χ0n) is 10.8. The van der Waals surface area contributed by atoms with Crippen LogP contribution in [0.3, 0.4) is 0 Å². The van der Waals surface area contributed by atoms with E-state index in [1.807, 2.05) is 0 Å². The third kappa shape index (κ3) is 2.94. The van der Waals surface area contributed by atoms with Crippen molar-refractivity contribution in [3.05, 3.63) is 35.6 Å². The fourth-order valence-electron chi connectivity index (χ4n) is 1.85. The predicted octanol–water partition coefficient (Wildman–Crippen LogP) is 1.91. The highest BCUT2D eigenvalue weighted by Crippen LogP contribution is 2.34. The normalized spacial score (nSPS) is 22.1. The van der Waals surface area contributed by atoms with Gasteiger partial charge in [0.05, 0.1) is 12.4 Å². The van der Waals surface area contributed by atoms with Crippen molar-refractivity contribution in [2.75, 3.05) is 12.4 Å². The smallest absolute Gasteiger partial charge is 0.360 e. The maximum Gasteiger partial charge on any atom is 0.360 e. The van der Waals surface area contributed by atoms with Crippen LogP contribution in [0.4, 0.5) is 4.39 Å². The van der Waals surface area contributed by atoms with E-state index in [1.165, 1.54) is 28.8 Å². The average Bonchev–Trinajstić information content (AvgIpc) is 2.71. The fourth-order valence-corrected chi connectivity index (χ4v) is 3.21. The molecule has 1 saturated heterocycles. The molecule has 1 aliphatic rings. The van der Waals surface area contributed by atoms with Crippen molar-refractivity contribution in [2.24, 2.45) is 0 Å². The van der Waals surface area contributed by atoms with Gasteiger partial charge in [-0.2, -0.15) is 0 Å². The molecule has 1 aromatic carbocycles. The van der Waals surface area contributed by atoms with E-state index in [4.69, 9.17) is 17.0 Å². The minimum absolute atomic E-state index is 0.131. The van der Waals surface area contributed by atoms with Crippen molar-refractivity contribution in [1.29, 1.82) is 0 Å². The highest BCUT2D eigenvalue weighted by Gasteiger charge is 2.50. The topological polar surface area (TPSA) is 49.8 Å². The first kappa shape index (κ1) is 15.2. The van der Waals surface area contributed by atoms with Gasteiger partial charge < -0.3 is 14.7 Å². The van der Waals surface area contributed by atoms with E-state index in [1.54, 1.807) is 19.1 Å². The van der Waals surface area contributed by atoms with Crippen LogP contribution in [0, 0.1) is 5.82 Å². The predicted molar refractivity (Wildman–Crippen MR) is 78.6 cm³/mol. The lowest BCUT2D eigenvalue weighted by molar-refractivity contribution is -0.175. The molecular formula is C13H14FNO3S2. The Kier molecular flexibility index (Phi) is 4.62. The number of carbonyl (C=O) groups excluding carboxylic acids is 1. The molecule has 1 aromatic rings. The lowest BCUT2D eigenvalue weighted by atomic mass is 10.1. The van der Waals surface area contributed by atoms with Crippen LogP contribution < -0.4 is 0 Å². The third-order valence-electron chi connectivity index (χ3n) is 2.92. The Hall–Kier alpha value is -1.18. The van der Waals surface area contributed by atoms with Crippen LogP contribution in [0.5, 0.6) is 0 Å². The molecule has 0 saturated carbocycles. The van der Waals surface area contributed by atoms with Gasteiger partial charge in [0, 0.05) is 6.54 Å². The van der Waals surface area contributed by atoms with Gasteiger partial charge in [-0.25, -0.2) is 9.18 Å². The Morgan fingerprint density at radius 2 is 2.20 bits per heavy atom. The molecule has 108 valence electrons. The fraction of sp³-hybridized carbons (Fsp3) is 0.385. The van der Waals surface area contributed by atoms with E-state index in [9.17, 15) is 14.3 Å². The number of ether oxygens (including phenoxy) is 1. The van der Waals surface area contributed by atoms with Crippen molar-refractivity contribution in [2.45, 2.75) is 19.2 Å². The second kappa shape index (κ2) is 6.07. The molecule has 1 fully saturated rings. The van der Waals surface area contributed by atoms with Crippen LogP contribution >= 0.6 is 24.0 Å². The molecule has 4 nitrogen and oxygen atoms in total. The second-order valence-corrected chi connectivity index (χ2v) is 5.91. The first-order valence-electron chi connectivity index (χ1n) is 6.06. The van der Waals surface area contributed by atoms with Crippen LogP contribution in [0.25, 0.3) is 0 Å². The van der Waals surface area contributed by atoms with Crippen LogP contribution in [-0.2, 0) is 16.1 Å². The summed E-state index contributed by atoms with van der Waals surface area (Å²) in [5.74, 6) is -0.923. The zero-order chi connectivity index (χ0) is 14.8. The summed E-state index contributed by atoms with van der Waals surface area (Å²) in [6, 6.07) is 5.83. The molecule has 0 aromatic heterocycles. The van der Waals surface area contributed by atoms with E-state index >= 15 is 0 Å². The molecule has 1 unspecified atom stereocenters. The lowest BCUT2D eigenvalue weighted by Gasteiger charge is -2.31. The summed E-state index contributed by atoms with van der Waals surface area (Å²) in [4.78, 5) is 13.3. The van der Waals surface area contributed by atoms with Crippen LogP contribution in [-0.4, -0.2) is 38.4 Å². The van der Waals surface area contributed by atoms with Gasteiger partial charge in [-0.05, 0) is 24.6 Å². The minimum atomic E-state index is -1.76. The molecule has 20 heavy (non-hydrogen) atoms. The van der Waals surface area contributed by atoms with E-state index in [0.717, 1.165) is 5.56 Å². The Labute approximate surface area is 125 Å². The molecule has 1 atom stereocenters. The molecule has 2 rings (SSSR count). The summed E-state index contributed by atoms with van der Waals surface area (Å²) in [7, 11) is 0. The standard InChI is InChI=1S/C13H14FNO3S2/c1-2-18-11(16)13(17)8-20-12(19)15(13)7-9-3-5-10(14)6-4-9/h3-6,17H,2,7-8H2,1H3. The SMILES string of the molecule is CCOC(=O)C1(O)CSC(=S)N1Cc1ccc(F)cc1. The van der Waals surface area contributed by atoms with Gasteiger partial charge in [-0.15, -0.1) is 0 Å². The van der Waals surface area contributed by atoms with Crippen molar-refractivity contribution in [1.82, 2.24) is 4.90 Å². The number of hydrogen-bond donors (Lipinski definition) is 1. The Morgan fingerprint density at radius 1 is 1.55 bits per heavy atom. The Balaban J connectivity index is 2.20. The number of benzene rings is 1. The van der Waals surface area contributed by atoms with E-state index in [0.29, 0.717) is 4.32 Å². The van der Waals surface area contributed by atoms with Gasteiger partial charge in [-0.1, -0.05) is 36.1 Å². The number of nitrogens with zero attached hydrogens (tertiary/aromatic N) is 1. The molecule has 1 heterocycles. The first-order chi connectivity index (χ1) is 9.47. The number of thiocarbonyl (C=S) groups is 1. The molecule has 0 amide bonds. The van der Waals surface area contributed by atoms with Gasteiger partial charge in [0.15, 0.2) is 0 Å². The largest absolute Gasteiger partial charge is 0.462 e. The van der Waals surface area contributed by atoms with Crippen molar-refractivity contribution >= 4 is 34.3 Å². The Morgan fingerprint density at radius 3 is 2.80 bits per heavy atom. The number of thioether (sulfide) groups is 1. The van der Waals surface area contributed by atoms with Crippen molar-refractivity contribution in [3.63, 3.8) is 0 Å². The summed E-state index contributed by atoms with van der Waals surface area (Å²) in [6.45, 7) is 2.08. The maximum absolute atomic E-state index is 12.9. The van der Waals surface area contributed by atoms with E-state index < -0.39 is 11.7 Å². The number of aliphatic hydroxyl groups is 1. The number of halogens is 1. The summed E-state index contributed by atoms with van der Waals surface area (Å²) in [6.07, 6.45) is 0. The summed E-state index contributed by atoms with van der Waals surface area (Å²) < 4.78 is 18.2. The lowest BCUT2D eigenvalue weighted by Crippen LogP contribution is -2.53. The summed E-state index contributed by atoms with van der Waals surface area (Å²) in [5, 5.41) is 10.5. The third-order valence-corrected chi connectivity index (χ3v) is 4.51. The summed E-state index contributed by atoms with van der Waals surface area (Å²) in [5.41, 5.74) is -1.01. The number of esters is 1. The highest BCUT2D eigenvalue weighted by molar-refractivity contribution is 8.23. The molecule has 0 bridgehead atoms. The van der Waals surface area contributed by atoms with Gasteiger partial charge in [-0.3, -0.25) is 0 Å². The molecule has 7 heteroatoms. The van der Waals surface area contributed by atoms with Crippen molar-refractivity contribution in [3.8, 4) is 0 Å². The molecule has 1 N–H and O–H groups in total. The monoisotopic (exact) mass is 315 g/mol. The molecular weight excluding hydrogens is 301 g/mol. The quantitative estimate of drug-likeness (QED) is 0.677. The van der Waals surface area contributed by atoms with Crippen molar-refractivity contribution < 1.29 is 19.0 Å². The molecule has 1 aliphatic heterocycles. The van der Waals surface area contributed by atoms with Crippen LogP contribution in [0.2, 0.25) is 0 Å². The van der Waals surface area contributed by atoms with Gasteiger partial charge in [0.25, 0.3) is 0 Å². The molecule has 0 aliphatic carbocycles. The molecule has 0 radical (unpaired) electrons. The average molecular weight is 315 g/mol. The minimum Gasteiger partial charge on any atom is -0.462 e. The highest BCUT2D eigenvalue weighted by atomic mass is 32.2. The first-order valence-corrected chi connectivity index (χ1v) is 7.45. The molecule has 0 spiro atoms. The zero-order valence-corrected chi connectivity index (χ0v) is 12.5. The van der Waals surface area contributed by atoms with E-state index in [2.05, 4.69) is 0 Å². The maximum atomic E-state index is 12.9. The van der Waals surface area contributed by atoms with Gasteiger partial charge >= 0.3 is 5.97 Å². The van der Waals surface area contributed by atoms with Gasteiger partial charge in [0.1, 0.15) is 10.1 Å². The number of hydrogen-bond acceptors (Lipinski definition) is 5. The summed E-state index contributed by atoms with van der Waals surface area (Å²) >= 11 is 6.39. The number of rotatable bonds is 4. The van der Waals surface area contributed by atoms with E-state index in [-0.39, 0.29) is 24.7 Å².